The van der Waals surface area contributed by atoms with Gasteiger partial charge < -0.3 is 39.9 Å². The zero-order chi connectivity index (χ0) is 45.9. The topological polar surface area (TPSA) is 227 Å². The molecule has 0 aromatic rings. The van der Waals surface area contributed by atoms with E-state index in [2.05, 4.69) is 32.1 Å². The molecule has 6 N–H and O–H groups in total. The summed E-state index contributed by atoms with van der Waals surface area (Å²) in [7, 11) is -5.15. The lowest BCUT2D eigenvalue weighted by atomic mass is 9.85. The van der Waals surface area contributed by atoms with Gasteiger partial charge in [-0.3, -0.25) is 23.4 Å². The summed E-state index contributed by atoms with van der Waals surface area (Å²) in [6, 6.07) is 0. The van der Waals surface area contributed by atoms with E-state index in [9.17, 15) is 49.4 Å². The number of rotatable bonds is 39. The molecule has 0 amide bonds. The summed E-state index contributed by atoms with van der Waals surface area (Å²) in [5.74, 6) is -1.13. The van der Waals surface area contributed by atoms with Crippen LogP contribution < -0.4 is 0 Å². The van der Waals surface area contributed by atoms with Crippen molar-refractivity contribution < 1.29 is 67.9 Å². The molecule has 0 aromatic heterocycles. The summed E-state index contributed by atoms with van der Waals surface area (Å²) in [5, 5.41) is 50.1. The minimum absolute atomic E-state index is 0.0124. The molecule has 0 saturated heterocycles. The summed E-state index contributed by atoms with van der Waals surface area (Å²) in [6.07, 6.45) is 24.4. The number of hydrogen-bond acceptors (Lipinski definition) is 13. The van der Waals surface area contributed by atoms with Gasteiger partial charge in [-0.2, -0.15) is 0 Å². The van der Waals surface area contributed by atoms with Crippen molar-refractivity contribution in [3.8, 4) is 0 Å². The minimum atomic E-state index is -5.15. The molecule has 1 fully saturated rings. The zero-order valence-corrected chi connectivity index (χ0v) is 38.8. The average molecular weight is 903 g/mol. The molecule has 0 aliphatic heterocycles. The maximum atomic E-state index is 12.8. The van der Waals surface area contributed by atoms with Gasteiger partial charge >= 0.3 is 19.8 Å². The number of aliphatic hydroxyl groups excluding tert-OH is 5. The first-order valence-electron chi connectivity index (χ1n) is 23.7. The van der Waals surface area contributed by atoms with E-state index in [1.165, 1.54) is 70.6 Å². The molecule has 360 valence electrons. The minimum Gasteiger partial charge on any atom is -0.462 e. The molecule has 1 saturated carbocycles. The van der Waals surface area contributed by atoms with E-state index in [-0.39, 0.29) is 18.6 Å². The molecule has 15 heteroatoms. The van der Waals surface area contributed by atoms with Crippen molar-refractivity contribution in [2.45, 2.75) is 230 Å². The van der Waals surface area contributed by atoms with Crippen molar-refractivity contribution in [2.24, 2.45) is 0 Å². The fourth-order valence-corrected chi connectivity index (χ4v) is 8.00. The largest absolute Gasteiger partial charge is 0.472 e. The quantitative estimate of drug-likeness (QED) is 0.00849. The molecule has 62 heavy (non-hydrogen) atoms. The summed E-state index contributed by atoms with van der Waals surface area (Å²) in [6.45, 7) is 3.14. The second-order valence-electron chi connectivity index (χ2n) is 16.6. The fourth-order valence-electron chi connectivity index (χ4n) is 7.03. The average Bonchev–Trinajstić information content (AvgIpc) is 3.25. The van der Waals surface area contributed by atoms with E-state index < -0.39 is 75.7 Å². The molecule has 0 bridgehead atoms. The van der Waals surface area contributed by atoms with E-state index in [1.807, 2.05) is 6.08 Å². The van der Waals surface area contributed by atoms with Crippen LogP contribution in [-0.2, 0) is 37.5 Å². The van der Waals surface area contributed by atoms with E-state index in [0.717, 1.165) is 64.2 Å². The molecule has 0 aromatic carbocycles. The Kier molecular flexibility index (Phi) is 34.5. The molecular weight excluding hydrogens is 819 g/mol. The Morgan fingerprint density at radius 3 is 1.53 bits per heavy atom. The highest BCUT2D eigenvalue weighted by Crippen LogP contribution is 2.47. The van der Waals surface area contributed by atoms with Crippen molar-refractivity contribution in [1.82, 2.24) is 0 Å². The van der Waals surface area contributed by atoms with Crippen molar-refractivity contribution >= 4 is 25.5 Å². The predicted octanol–water partition coefficient (Wildman–Crippen LogP) is 8.57. The summed E-state index contributed by atoms with van der Waals surface area (Å²) < 4.78 is 33.5. The molecule has 3 unspecified atom stereocenters. The maximum Gasteiger partial charge on any atom is 0.472 e. The molecule has 0 heterocycles. The standard InChI is InChI=1S/C47H83O14P/c1-3-5-7-9-11-12-13-14-15-16-17-18-19-20-22-26-30-34-40(49)58-36-39(37-59-62(56,57)61-47-45(54)43(52)42(51)44(53)46(47)55)60-41(50)35-31-27-23-25-29-33-38(48)32-28-24-21-10-8-6-4-2/h14-15,21,24,28,32,39,42-47,51-55H,3-13,16-20,22-23,25-27,29-31,33-37H2,1-2H3,(H,56,57)/b15-14-,24-21-,32-28+/t39-,42?,43-,44+,45-,46-,47?/m1/s1. The number of aliphatic hydroxyl groups is 5. The van der Waals surface area contributed by atoms with Crippen LogP contribution in [0.4, 0.5) is 0 Å². The lowest BCUT2D eigenvalue weighted by molar-refractivity contribution is -0.220. The number of phosphoric acid groups is 1. The molecule has 0 radical (unpaired) electrons. The van der Waals surface area contributed by atoms with Gasteiger partial charge in [-0.25, -0.2) is 4.57 Å². The number of ether oxygens (including phenoxy) is 2. The Labute approximate surface area is 372 Å². The lowest BCUT2D eigenvalue weighted by Gasteiger charge is -2.41. The second-order valence-corrected chi connectivity index (χ2v) is 18.0. The number of hydrogen-bond donors (Lipinski definition) is 6. The zero-order valence-electron chi connectivity index (χ0n) is 37.9. The Morgan fingerprint density at radius 2 is 0.968 bits per heavy atom. The number of carbonyl (C=O) groups excluding carboxylic acids is 3. The van der Waals surface area contributed by atoms with Crippen LogP contribution in [0.25, 0.3) is 0 Å². The van der Waals surface area contributed by atoms with Gasteiger partial charge in [-0.1, -0.05) is 141 Å². The van der Waals surface area contributed by atoms with Gasteiger partial charge in [0.1, 0.15) is 43.2 Å². The third-order valence-electron chi connectivity index (χ3n) is 10.9. The highest BCUT2D eigenvalue weighted by molar-refractivity contribution is 7.47. The molecule has 1 aliphatic carbocycles. The number of carbonyl (C=O) groups is 3. The first-order valence-corrected chi connectivity index (χ1v) is 25.2. The SMILES string of the molecule is CCCCC/C=C\C=C\C(=O)CCCCCCCC(=O)O[C@H](COC(=O)CCCCCCCCC/C=C\CCCCCCCC)COP(=O)(O)OC1[C@H](O)[C@H](O)C(O)[C@H](O)[C@H]1O. The smallest absolute Gasteiger partial charge is 0.462 e. The van der Waals surface area contributed by atoms with Gasteiger partial charge in [0.05, 0.1) is 6.61 Å². The lowest BCUT2D eigenvalue weighted by Crippen LogP contribution is -2.64. The van der Waals surface area contributed by atoms with Crippen LogP contribution in [0.5, 0.6) is 0 Å². The van der Waals surface area contributed by atoms with Crippen LogP contribution in [0, 0.1) is 0 Å². The van der Waals surface area contributed by atoms with Crippen LogP contribution in [0.1, 0.15) is 187 Å². The normalized spacial score (nSPS) is 22.1. The van der Waals surface area contributed by atoms with E-state index in [0.29, 0.717) is 25.7 Å². The number of unbranched alkanes of at least 4 members (excludes halogenated alkanes) is 20. The van der Waals surface area contributed by atoms with Crippen molar-refractivity contribution in [1.29, 1.82) is 0 Å². The molecule has 1 rings (SSSR count). The third kappa shape index (κ3) is 29.2. The predicted molar refractivity (Wildman–Crippen MR) is 240 cm³/mol. The Hall–Kier alpha value is -2.26. The fraction of sp³-hybridized carbons (Fsp3) is 0.809. The van der Waals surface area contributed by atoms with Gasteiger partial charge in [-0.15, -0.1) is 0 Å². The molecule has 0 spiro atoms. The molecule has 1 aliphatic rings. The van der Waals surface area contributed by atoms with Crippen molar-refractivity contribution in [3.05, 3.63) is 36.5 Å². The van der Waals surface area contributed by atoms with E-state index >= 15 is 0 Å². The van der Waals surface area contributed by atoms with Gasteiger partial charge in [0, 0.05) is 19.3 Å². The van der Waals surface area contributed by atoms with Crippen molar-refractivity contribution in [2.75, 3.05) is 13.2 Å². The summed E-state index contributed by atoms with van der Waals surface area (Å²) in [4.78, 5) is 47.8. The molecule has 8 atom stereocenters. The maximum absolute atomic E-state index is 12.8. The van der Waals surface area contributed by atoms with Gasteiger partial charge in [0.2, 0.25) is 0 Å². The van der Waals surface area contributed by atoms with E-state index in [4.69, 9.17) is 18.5 Å². The van der Waals surface area contributed by atoms with E-state index in [1.54, 1.807) is 12.2 Å². The second kappa shape index (κ2) is 37.0. The van der Waals surface area contributed by atoms with Crippen LogP contribution in [0.15, 0.2) is 36.5 Å². The Bertz CT molecular complexity index is 1290. The monoisotopic (exact) mass is 903 g/mol. The van der Waals surface area contributed by atoms with Crippen molar-refractivity contribution in [3.63, 3.8) is 0 Å². The Morgan fingerprint density at radius 1 is 0.532 bits per heavy atom. The molecular formula is C47H83O14P. The highest BCUT2D eigenvalue weighted by atomic mass is 31.2. The highest BCUT2D eigenvalue weighted by Gasteiger charge is 2.51. The van der Waals surface area contributed by atoms with Gasteiger partial charge in [0.15, 0.2) is 11.9 Å². The first kappa shape index (κ1) is 57.8. The summed E-state index contributed by atoms with van der Waals surface area (Å²) in [5.41, 5.74) is 0. The summed E-state index contributed by atoms with van der Waals surface area (Å²) >= 11 is 0. The Balaban J connectivity index is 2.48. The van der Waals surface area contributed by atoms with Crippen LogP contribution in [0.3, 0.4) is 0 Å². The number of esters is 2. The third-order valence-corrected chi connectivity index (χ3v) is 11.9. The van der Waals surface area contributed by atoms with Crippen LogP contribution >= 0.6 is 7.82 Å². The van der Waals surface area contributed by atoms with Gasteiger partial charge in [-0.05, 0) is 63.9 Å². The first-order chi connectivity index (χ1) is 29.8. The number of ketones is 1. The number of allylic oxidation sites excluding steroid dienone is 6. The van der Waals surface area contributed by atoms with Crippen LogP contribution in [0.2, 0.25) is 0 Å². The van der Waals surface area contributed by atoms with Gasteiger partial charge in [0.25, 0.3) is 0 Å². The molecule has 14 nitrogen and oxygen atoms in total. The number of phosphoric ester groups is 1. The van der Waals surface area contributed by atoms with Crippen LogP contribution in [-0.4, -0.2) is 104 Å².